The Hall–Kier alpha value is -3.09. The average Bonchev–Trinajstić information content (AvgIpc) is 2.77. The van der Waals surface area contributed by atoms with Crippen LogP contribution in [0, 0.1) is 5.92 Å². The SMILES string of the molecule is C[C@@H](CCO)[C@@H](OC(=O)Nc1cccc2ccccc12)c1ccc(OCCO)cc1. The first kappa shape index (κ1) is 21.6. The van der Waals surface area contributed by atoms with Crippen molar-refractivity contribution in [1.82, 2.24) is 0 Å². The van der Waals surface area contributed by atoms with Crippen LogP contribution in [0.4, 0.5) is 10.5 Å². The summed E-state index contributed by atoms with van der Waals surface area (Å²) in [5, 5.41) is 23.0. The summed E-state index contributed by atoms with van der Waals surface area (Å²) in [5.74, 6) is 0.541. The first-order valence-electron chi connectivity index (χ1n) is 10.0. The molecule has 0 saturated heterocycles. The Morgan fingerprint density at radius 3 is 2.43 bits per heavy atom. The Kier molecular flexibility index (Phi) is 7.65. The van der Waals surface area contributed by atoms with Crippen LogP contribution in [-0.4, -0.2) is 36.1 Å². The number of benzene rings is 3. The highest BCUT2D eigenvalue weighted by Crippen LogP contribution is 2.31. The lowest BCUT2D eigenvalue weighted by Gasteiger charge is -2.24. The van der Waals surface area contributed by atoms with Gasteiger partial charge in [-0.05, 0) is 41.5 Å². The summed E-state index contributed by atoms with van der Waals surface area (Å²) in [4.78, 5) is 12.7. The van der Waals surface area contributed by atoms with Crippen molar-refractivity contribution in [1.29, 1.82) is 0 Å². The third-order valence-corrected chi connectivity index (χ3v) is 4.93. The minimum Gasteiger partial charge on any atom is -0.491 e. The zero-order chi connectivity index (χ0) is 21.3. The van der Waals surface area contributed by atoms with Gasteiger partial charge in [0.2, 0.25) is 0 Å². The highest BCUT2D eigenvalue weighted by Gasteiger charge is 2.24. The van der Waals surface area contributed by atoms with Crippen LogP contribution in [0.3, 0.4) is 0 Å². The minimum atomic E-state index is -0.554. The quantitative estimate of drug-likeness (QED) is 0.484. The summed E-state index contributed by atoms with van der Waals surface area (Å²) in [6.07, 6.45) is -0.588. The van der Waals surface area contributed by atoms with Crippen molar-refractivity contribution in [2.45, 2.75) is 19.4 Å². The Balaban J connectivity index is 1.76. The van der Waals surface area contributed by atoms with Crippen molar-refractivity contribution in [2.75, 3.05) is 25.1 Å². The highest BCUT2D eigenvalue weighted by molar-refractivity contribution is 6.00. The van der Waals surface area contributed by atoms with E-state index in [9.17, 15) is 9.90 Å². The lowest BCUT2D eigenvalue weighted by Crippen LogP contribution is -2.22. The molecular formula is C24H27NO5. The molecule has 2 atom stereocenters. The Morgan fingerprint density at radius 1 is 0.967 bits per heavy atom. The van der Waals surface area contributed by atoms with Crippen LogP contribution in [-0.2, 0) is 4.74 Å². The molecule has 3 N–H and O–H groups in total. The van der Waals surface area contributed by atoms with Crippen molar-refractivity contribution in [3.63, 3.8) is 0 Å². The molecule has 30 heavy (non-hydrogen) atoms. The van der Waals surface area contributed by atoms with Crippen molar-refractivity contribution in [3.05, 3.63) is 72.3 Å². The van der Waals surface area contributed by atoms with Gasteiger partial charge in [-0.3, -0.25) is 5.32 Å². The van der Waals surface area contributed by atoms with E-state index >= 15 is 0 Å². The largest absolute Gasteiger partial charge is 0.491 e. The first-order valence-corrected chi connectivity index (χ1v) is 10.0. The summed E-state index contributed by atoms with van der Waals surface area (Å²) in [7, 11) is 0. The second-order valence-corrected chi connectivity index (χ2v) is 7.11. The average molecular weight is 409 g/mol. The van der Waals surface area contributed by atoms with Crippen LogP contribution >= 0.6 is 0 Å². The van der Waals surface area contributed by atoms with Gasteiger partial charge in [-0.2, -0.15) is 0 Å². The molecule has 0 aromatic heterocycles. The zero-order valence-electron chi connectivity index (χ0n) is 17.0. The fourth-order valence-electron chi connectivity index (χ4n) is 3.37. The molecule has 3 rings (SSSR count). The predicted molar refractivity (Wildman–Crippen MR) is 117 cm³/mol. The molecular weight excluding hydrogens is 382 g/mol. The van der Waals surface area contributed by atoms with Crippen molar-refractivity contribution >= 4 is 22.6 Å². The number of amides is 1. The number of carbonyl (C=O) groups excluding carboxylic acids is 1. The molecule has 0 fully saturated rings. The van der Waals surface area contributed by atoms with E-state index in [1.807, 2.05) is 61.5 Å². The van der Waals surface area contributed by atoms with Gasteiger partial charge in [-0.1, -0.05) is 55.5 Å². The number of rotatable bonds is 9. The van der Waals surface area contributed by atoms with Crippen molar-refractivity contribution in [3.8, 4) is 5.75 Å². The lowest BCUT2D eigenvalue weighted by molar-refractivity contribution is 0.0667. The van der Waals surface area contributed by atoms with E-state index in [4.69, 9.17) is 14.6 Å². The molecule has 0 bridgehead atoms. The molecule has 1 amide bonds. The number of aliphatic hydroxyl groups is 2. The van der Waals surface area contributed by atoms with E-state index in [-0.39, 0.29) is 25.7 Å². The van der Waals surface area contributed by atoms with E-state index in [1.165, 1.54) is 0 Å². The van der Waals surface area contributed by atoms with Crippen LogP contribution in [0.2, 0.25) is 0 Å². The zero-order valence-corrected chi connectivity index (χ0v) is 17.0. The lowest BCUT2D eigenvalue weighted by atomic mass is 9.94. The Morgan fingerprint density at radius 2 is 1.70 bits per heavy atom. The normalized spacial score (nSPS) is 12.9. The van der Waals surface area contributed by atoms with Gasteiger partial charge in [0, 0.05) is 12.0 Å². The van der Waals surface area contributed by atoms with Gasteiger partial charge >= 0.3 is 6.09 Å². The van der Waals surface area contributed by atoms with Gasteiger partial charge in [-0.15, -0.1) is 0 Å². The molecule has 0 saturated carbocycles. The van der Waals surface area contributed by atoms with Crippen LogP contribution in [0.25, 0.3) is 10.8 Å². The number of aliphatic hydroxyl groups excluding tert-OH is 2. The van der Waals surface area contributed by atoms with E-state index < -0.39 is 12.2 Å². The number of ether oxygens (including phenoxy) is 2. The minimum absolute atomic E-state index is 0.00363. The van der Waals surface area contributed by atoms with Gasteiger partial charge in [0.25, 0.3) is 0 Å². The number of nitrogens with one attached hydrogen (secondary N) is 1. The van der Waals surface area contributed by atoms with Crippen LogP contribution < -0.4 is 10.1 Å². The number of fused-ring (bicyclic) bond motifs is 1. The molecule has 6 nitrogen and oxygen atoms in total. The smallest absolute Gasteiger partial charge is 0.412 e. The van der Waals surface area contributed by atoms with Crippen molar-refractivity contribution < 1.29 is 24.5 Å². The van der Waals surface area contributed by atoms with Crippen molar-refractivity contribution in [2.24, 2.45) is 5.92 Å². The molecule has 3 aromatic carbocycles. The van der Waals surface area contributed by atoms with Gasteiger partial charge in [0.1, 0.15) is 18.5 Å². The highest BCUT2D eigenvalue weighted by atomic mass is 16.6. The van der Waals surface area contributed by atoms with E-state index in [2.05, 4.69) is 5.32 Å². The topological polar surface area (TPSA) is 88.0 Å². The second kappa shape index (κ2) is 10.6. The van der Waals surface area contributed by atoms with Gasteiger partial charge in [-0.25, -0.2) is 4.79 Å². The molecule has 6 heteroatoms. The predicted octanol–water partition coefficient (Wildman–Crippen LogP) is 4.52. The van der Waals surface area contributed by atoms with Gasteiger partial charge in [0.05, 0.1) is 12.3 Å². The maximum absolute atomic E-state index is 12.7. The monoisotopic (exact) mass is 409 g/mol. The number of hydrogen-bond donors (Lipinski definition) is 3. The van der Waals surface area contributed by atoms with Crippen LogP contribution in [0.5, 0.6) is 5.75 Å². The molecule has 0 aliphatic heterocycles. The summed E-state index contributed by atoms with van der Waals surface area (Å²) in [6, 6.07) is 20.7. The number of anilines is 1. The molecule has 3 aromatic rings. The second-order valence-electron chi connectivity index (χ2n) is 7.11. The Bertz CT molecular complexity index is 952. The maximum Gasteiger partial charge on any atom is 0.412 e. The van der Waals surface area contributed by atoms with E-state index in [1.54, 1.807) is 12.1 Å². The summed E-state index contributed by atoms with van der Waals surface area (Å²) in [5.41, 5.74) is 1.49. The molecule has 0 aliphatic carbocycles. The maximum atomic E-state index is 12.7. The van der Waals surface area contributed by atoms with Gasteiger partial charge in [0.15, 0.2) is 0 Å². The standard InChI is InChI=1S/C24H27NO5/c1-17(13-14-26)23(19-9-11-20(12-10-19)29-16-15-27)30-24(28)25-22-8-4-6-18-5-2-3-7-21(18)22/h2-12,17,23,26-27H,13-16H2,1H3,(H,25,28)/t17-,23+/m0/s1. The fraction of sp³-hybridized carbons (Fsp3) is 0.292. The summed E-state index contributed by atoms with van der Waals surface area (Å²) in [6.45, 7) is 2.09. The Labute approximate surface area is 176 Å². The molecule has 0 unspecified atom stereocenters. The van der Waals surface area contributed by atoms with Crippen LogP contribution in [0.15, 0.2) is 66.7 Å². The fourth-order valence-corrected chi connectivity index (χ4v) is 3.37. The number of carbonyl (C=O) groups is 1. The molecule has 0 heterocycles. The van der Waals surface area contributed by atoms with Gasteiger partial charge < -0.3 is 19.7 Å². The van der Waals surface area contributed by atoms with E-state index in [0.717, 1.165) is 16.3 Å². The molecule has 158 valence electrons. The molecule has 0 radical (unpaired) electrons. The van der Waals surface area contributed by atoms with E-state index in [0.29, 0.717) is 17.9 Å². The molecule has 0 spiro atoms. The third kappa shape index (κ3) is 5.49. The summed E-state index contributed by atoms with van der Waals surface area (Å²) < 4.78 is 11.2. The number of hydrogen-bond acceptors (Lipinski definition) is 5. The van der Waals surface area contributed by atoms with Crippen LogP contribution in [0.1, 0.15) is 25.0 Å². The molecule has 0 aliphatic rings. The summed E-state index contributed by atoms with van der Waals surface area (Å²) >= 11 is 0. The first-order chi connectivity index (χ1) is 14.6. The third-order valence-electron chi connectivity index (χ3n) is 4.93.